The first-order chi connectivity index (χ1) is 5.77. The molecule has 2 atom stereocenters. The minimum absolute atomic E-state index is 0.487. The topological polar surface area (TPSA) is 12.0 Å². The lowest BCUT2D eigenvalue weighted by atomic mass is 10.1. The van der Waals surface area contributed by atoms with Gasteiger partial charge in [0.25, 0.3) is 0 Å². The van der Waals surface area contributed by atoms with Gasteiger partial charge in [0, 0.05) is 18.5 Å². The van der Waals surface area contributed by atoms with E-state index < -0.39 is 0 Å². The van der Waals surface area contributed by atoms with Crippen molar-refractivity contribution in [2.75, 3.05) is 0 Å². The lowest BCUT2D eigenvalue weighted by Gasteiger charge is -2.20. The standard InChI is InChI=1S/C11H19N/c1-4-6-9(3)12-11(5-2)10-7-8-10/h1,9-12H,5-8H2,2-3H3. The maximum atomic E-state index is 5.25. The van der Waals surface area contributed by atoms with Crippen molar-refractivity contribution < 1.29 is 0 Å². The average Bonchev–Trinajstić information content (AvgIpc) is 2.83. The van der Waals surface area contributed by atoms with Gasteiger partial charge in [0.2, 0.25) is 0 Å². The molecule has 2 unspecified atom stereocenters. The molecule has 1 aliphatic rings. The summed E-state index contributed by atoms with van der Waals surface area (Å²) in [5.41, 5.74) is 0. The average molecular weight is 165 g/mol. The van der Waals surface area contributed by atoms with Crippen LogP contribution >= 0.6 is 0 Å². The zero-order valence-corrected chi connectivity index (χ0v) is 8.14. The van der Waals surface area contributed by atoms with Crippen molar-refractivity contribution in [3.8, 4) is 12.3 Å². The van der Waals surface area contributed by atoms with Crippen LogP contribution in [0.25, 0.3) is 0 Å². The first-order valence-corrected chi connectivity index (χ1v) is 4.97. The molecule has 0 aromatic heterocycles. The fraction of sp³-hybridized carbons (Fsp3) is 0.818. The molecule has 0 spiro atoms. The van der Waals surface area contributed by atoms with E-state index in [2.05, 4.69) is 25.1 Å². The molecule has 0 aliphatic heterocycles. The van der Waals surface area contributed by atoms with Crippen LogP contribution < -0.4 is 5.32 Å². The van der Waals surface area contributed by atoms with Gasteiger partial charge in [-0.2, -0.15) is 0 Å². The molecule has 0 radical (unpaired) electrons. The maximum absolute atomic E-state index is 5.25. The minimum atomic E-state index is 0.487. The van der Waals surface area contributed by atoms with Gasteiger partial charge in [0.1, 0.15) is 0 Å². The van der Waals surface area contributed by atoms with E-state index in [0.29, 0.717) is 12.1 Å². The fourth-order valence-corrected chi connectivity index (χ4v) is 1.69. The van der Waals surface area contributed by atoms with Gasteiger partial charge in [0.15, 0.2) is 0 Å². The molecule has 0 saturated heterocycles. The van der Waals surface area contributed by atoms with Crippen molar-refractivity contribution in [2.45, 2.75) is 51.6 Å². The summed E-state index contributed by atoms with van der Waals surface area (Å²) in [6.45, 7) is 4.42. The predicted molar refractivity (Wildman–Crippen MR) is 52.9 cm³/mol. The summed E-state index contributed by atoms with van der Waals surface area (Å²) in [6.07, 6.45) is 10.2. The molecular weight excluding hydrogens is 146 g/mol. The van der Waals surface area contributed by atoms with Crippen LogP contribution in [0.4, 0.5) is 0 Å². The Balaban J connectivity index is 2.22. The van der Waals surface area contributed by atoms with Gasteiger partial charge in [-0.15, -0.1) is 12.3 Å². The van der Waals surface area contributed by atoms with Crippen LogP contribution in [0, 0.1) is 18.3 Å². The van der Waals surface area contributed by atoms with Crippen LogP contribution in [0.15, 0.2) is 0 Å². The van der Waals surface area contributed by atoms with E-state index in [1.807, 2.05) is 0 Å². The molecule has 1 aliphatic carbocycles. The number of hydrogen-bond donors (Lipinski definition) is 1. The predicted octanol–water partition coefficient (Wildman–Crippen LogP) is 2.18. The minimum Gasteiger partial charge on any atom is -0.310 e. The van der Waals surface area contributed by atoms with E-state index in [1.54, 1.807) is 0 Å². The van der Waals surface area contributed by atoms with E-state index in [-0.39, 0.29) is 0 Å². The normalized spacial score (nSPS) is 21.4. The lowest BCUT2D eigenvalue weighted by Crippen LogP contribution is -2.37. The smallest absolute Gasteiger partial charge is 0.0238 e. The molecule has 1 nitrogen and oxygen atoms in total. The summed E-state index contributed by atoms with van der Waals surface area (Å²) in [5.74, 6) is 3.63. The van der Waals surface area contributed by atoms with Crippen molar-refractivity contribution in [2.24, 2.45) is 5.92 Å². The Morgan fingerprint density at radius 1 is 1.58 bits per heavy atom. The van der Waals surface area contributed by atoms with Crippen LogP contribution in [0.5, 0.6) is 0 Å². The molecule has 1 fully saturated rings. The van der Waals surface area contributed by atoms with Gasteiger partial charge in [-0.25, -0.2) is 0 Å². The number of hydrogen-bond acceptors (Lipinski definition) is 1. The first-order valence-electron chi connectivity index (χ1n) is 4.97. The number of terminal acetylenes is 1. The molecule has 0 amide bonds. The highest BCUT2D eigenvalue weighted by Crippen LogP contribution is 2.34. The summed E-state index contributed by atoms with van der Waals surface area (Å²) < 4.78 is 0. The molecule has 1 N–H and O–H groups in total. The molecule has 0 bridgehead atoms. The SMILES string of the molecule is C#CCC(C)NC(CC)C1CC1. The summed E-state index contributed by atoms with van der Waals surface area (Å²) >= 11 is 0. The van der Waals surface area contributed by atoms with E-state index in [0.717, 1.165) is 12.3 Å². The lowest BCUT2D eigenvalue weighted by molar-refractivity contribution is 0.402. The quantitative estimate of drug-likeness (QED) is 0.616. The fourth-order valence-electron chi connectivity index (χ4n) is 1.69. The summed E-state index contributed by atoms with van der Waals surface area (Å²) in [7, 11) is 0. The molecule has 68 valence electrons. The van der Waals surface area contributed by atoms with Crippen molar-refractivity contribution in [3.05, 3.63) is 0 Å². The van der Waals surface area contributed by atoms with E-state index >= 15 is 0 Å². The number of rotatable bonds is 5. The van der Waals surface area contributed by atoms with Gasteiger partial charge >= 0.3 is 0 Å². The second-order valence-corrected chi connectivity index (χ2v) is 3.83. The second-order valence-electron chi connectivity index (χ2n) is 3.83. The Morgan fingerprint density at radius 2 is 2.25 bits per heavy atom. The van der Waals surface area contributed by atoms with E-state index in [9.17, 15) is 0 Å². The molecular formula is C11H19N. The van der Waals surface area contributed by atoms with Crippen molar-refractivity contribution in [1.82, 2.24) is 5.32 Å². The zero-order valence-electron chi connectivity index (χ0n) is 8.14. The van der Waals surface area contributed by atoms with Crippen LogP contribution in [-0.2, 0) is 0 Å². The molecule has 12 heavy (non-hydrogen) atoms. The van der Waals surface area contributed by atoms with E-state index in [1.165, 1.54) is 19.3 Å². The third kappa shape index (κ3) is 2.87. The van der Waals surface area contributed by atoms with Crippen LogP contribution in [-0.4, -0.2) is 12.1 Å². The van der Waals surface area contributed by atoms with Crippen molar-refractivity contribution >= 4 is 0 Å². The molecule has 1 saturated carbocycles. The highest BCUT2D eigenvalue weighted by Gasteiger charge is 2.30. The highest BCUT2D eigenvalue weighted by molar-refractivity contribution is 4.92. The summed E-state index contributed by atoms with van der Waals surface area (Å²) in [5, 5.41) is 3.59. The third-order valence-electron chi connectivity index (χ3n) is 2.55. The molecule has 1 rings (SSSR count). The van der Waals surface area contributed by atoms with Gasteiger partial charge in [0.05, 0.1) is 0 Å². The van der Waals surface area contributed by atoms with Crippen LogP contribution in [0.3, 0.4) is 0 Å². The Morgan fingerprint density at radius 3 is 2.67 bits per heavy atom. The first kappa shape index (κ1) is 9.61. The van der Waals surface area contributed by atoms with Crippen molar-refractivity contribution in [3.63, 3.8) is 0 Å². The van der Waals surface area contributed by atoms with Crippen molar-refractivity contribution in [1.29, 1.82) is 0 Å². The Bertz CT molecular complexity index is 164. The van der Waals surface area contributed by atoms with Gasteiger partial charge < -0.3 is 5.32 Å². The zero-order chi connectivity index (χ0) is 8.97. The monoisotopic (exact) mass is 165 g/mol. The van der Waals surface area contributed by atoms with Crippen LogP contribution in [0.2, 0.25) is 0 Å². The molecule has 0 heterocycles. The van der Waals surface area contributed by atoms with Gasteiger partial charge in [-0.05, 0) is 32.1 Å². The largest absolute Gasteiger partial charge is 0.310 e. The molecule has 0 aromatic carbocycles. The van der Waals surface area contributed by atoms with Crippen LogP contribution in [0.1, 0.15) is 39.5 Å². The Kier molecular flexibility index (Phi) is 3.62. The Labute approximate surface area is 75.9 Å². The van der Waals surface area contributed by atoms with E-state index in [4.69, 9.17) is 6.42 Å². The third-order valence-corrected chi connectivity index (χ3v) is 2.55. The summed E-state index contributed by atoms with van der Waals surface area (Å²) in [6, 6.07) is 1.20. The second kappa shape index (κ2) is 4.52. The molecule has 0 aromatic rings. The molecule has 1 heteroatoms. The summed E-state index contributed by atoms with van der Waals surface area (Å²) in [4.78, 5) is 0. The maximum Gasteiger partial charge on any atom is 0.0238 e. The number of nitrogens with one attached hydrogen (secondary N) is 1. The highest BCUT2D eigenvalue weighted by atomic mass is 15.0. The Hall–Kier alpha value is -0.480. The van der Waals surface area contributed by atoms with Gasteiger partial charge in [-0.1, -0.05) is 6.92 Å². The van der Waals surface area contributed by atoms with Gasteiger partial charge in [-0.3, -0.25) is 0 Å².